The van der Waals surface area contributed by atoms with Crippen LogP contribution in [0.25, 0.3) is 0 Å². The van der Waals surface area contributed by atoms with Gasteiger partial charge in [-0.2, -0.15) is 0 Å². The fourth-order valence-electron chi connectivity index (χ4n) is 0.561. The monoisotopic (exact) mass is 171 g/mol. The van der Waals surface area contributed by atoms with Crippen LogP contribution in [0.3, 0.4) is 0 Å². The summed E-state index contributed by atoms with van der Waals surface area (Å²) in [6.45, 7) is 0. The van der Waals surface area contributed by atoms with Crippen LogP contribution in [0.5, 0.6) is 0 Å². The smallest absolute Gasteiger partial charge is 0.165 e. The number of rotatable bonds is 4. The molecule has 0 unspecified atom stereocenters. The van der Waals surface area contributed by atoms with Crippen molar-refractivity contribution in [3.63, 3.8) is 0 Å². The zero-order valence-electron chi connectivity index (χ0n) is 5.74. The summed E-state index contributed by atoms with van der Waals surface area (Å²) in [5, 5.41) is 10.7. The van der Waals surface area contributed by atoms with Crippen molar-refractivity contribution in [2.45, 2.75) is 11.6 Å². The Morgan fingerprint density at radius 2 is 2.64 bits per heavy atom. The molecule has 5 heteroatoms. The fraction of sp³-hybridized carbons (Fsp3) is 0.333. The Balaban J connectivity index is 2.19. The van der Waals surface area contributed by atoms with E-state index in [0.717, 1.165) is 5.16 Å². The van der Waals surface area contributed by atoms with Gasteiger partial charge in [0.05, 0.1) is 0 Å². The third-order valence-corrected chi connectivity index (χ3v) is 1.92. The van der Waals surface area contributed by atoms with Crippen LogP contribution in [0.15, 0.2) is 17.6 Å². The molecular weight excluding hydrogens is 164 g/mol. The molecule has 1 N–H and O–H groups in total. The number of carbonyl (C=O) groups is 1. The number of imidazole rings is 1. The molecule has 0 atom stereocenters. The number of aromatic amines is 1. The van der Waals surface area contributed by atoms with Gasteiger partial charge in [-0.05, 0) is 6.42 Å². The SMILES string of the molecule is O=C([O-])CCSc1ncc[nH]1. The zero-order valence-corrected chi connectivity index (χ0v) is 6.56. The molecule has 0 bridgehead atoms. The Kier molecular flexibility index (Phi) is 2.97. The largest absolute Gasteiger partial charge is 0.550 e. The van der Waals surface area contributed by atoms with Crippen molar-refractivity contribution in [3.8, 4) is 0 Å². The van der Waals surface area contributed by atoms with Crippen LogP contribution in [0, 0.1) is 0 Å². The van der Waals surface area contributed by atoms with Gasteiger partial charge in [-0.15, -0.1) is 0 Å². The summed E-state index contributed by atoms with van der Waals surface area (Å²) in [6.07, 6.45) is 3.38. The lowest BCUT2D eigenvalue weighted by Gasteiger charge is -1.98. The van der Waals surface area contributed by atoms with Crippen molar-refractivity contribution >= 4 is 17.7 Å². The van der Waals surface area contributed by atoms with Crippen LogP contribution in [-0.2, 0) is 4.79 Å². The van der Waals surface area contributed by atoms with Gasteiger partial charge in [0, 0.05) is 24.1 Å². The van der Waals surface area contributed by atoms with E-state index in [1.807, 2.05) is 0 Å². The highest BCUT2D eigenvalue weighted by Gasteiger charge is 1.94. The van der Waals surface area contributed by atoms with Gasteiger partial charge in [0.1, 0.15) is 0 Å². The molecule has 0 aromatic carbocycles. The molecule has 0 aliphatic carbocycles. The van der Waals surface area contributed by atoms with E-state index in [1.54, 1.807) is 12.4 Å². The Hall–Kier alpha value is -0.970. The minimum absolute atomic E-state index is 0.0609. The molecule has 0 aliphatic rings. The standard InChI is InChI=1S/C6H8N2O2S/c9-5(10)1-4-11-6-7-2-3-8-6/h2-3H,1,4H2,(H,7,8)(H,9,10)/p-1. The summed E-state index contributed by atoms with van der Waals surface area (Å²) in [5.74, 6) is -0.528. The summed E-state index contributed by atoms with van der Waals surface area (Å²) in [6, 6.07) is 0. The molecule has 60 valence electrons. The lowest BCUT2D eigenvalue weighted by Crippen LogP contribution is -2.22. The first-order chi connectivity index (χ1) is 5.29. The normalized spacial score (nSPS) is 9.82. The zero-order chi connectivity index (χ0) is 8.10. The highest BCUT2D eigenvalue weighted by atomic mass is 32.2. The molecule has 0 fully saturated rings. The summed E-state index contributed by atoms with van der Waals surface area (Å²) >= 11 is 1.37. The van der Waals surface area contributed by atoms with Crippen molar-refractivity contribution in [1.29, 1.82) is 0 Å². The minimum atomic E-state index is -1.02. The average molecular weight is 171 g/mol. The van der Waals surface area contributed by atoms with E-state index in [2.05, 4.69) is 9.97 Å². The van der Waals surface area contributed by atoms with E-state index in [-0.39, 0.29) is 6.42 Å². The second kappa shape index (κ2) is 4.02. The van der Waals surface area contributed by atoms with Gasteiger partial charge in [0.2, 0.25) is 0 Å². The van der Waals surface area contributed by atoms with Gasteiger partial charge in [0.15, 0.2) is 5.16 Å². The van der Waals surface area contributed by atoms with Crippen LogP contribution < -0.4 is 5.11 Å². The Bertz CT molecular complexity index is 222. The van der Waals surface area contributed by atoms with Gasteiger partial charge < -0.3 is 14.9 Å². The number of nitrogens with zero attached hydrogens (tertiary/aromatic N) is 1. The summed E-state index contributed by atoms with van der Waals surface area (Å²) < 4.78 is 0. The molecule has 0 saturated heterocycles. The second-order valence-electron chi connectivity index (χ2n) is 1.86. The van der Waals surface area contributed by atoms with Crippen LogP contribution in [0.1, 0.15) is 6.42 Å². The number of nitrogens with one attached hydrogen (secondary N) is 1. The average Bonchev–Trinajstić information content (AvgIpc) is 2.39. The van der Waals surface area contributed by atoms with E-state index < -0.39 is 5.97 Å². The number of hydrogen-bond donors (Lipinski definition) is 1. The van der Waals surface area contributed by atoms with E-state index >= 15 is 0 Å². The van der Waals surface area contributed by atoms with Crippen molar-refractivity contribution in [3.05, 3.63) is 12.4 Å². The quantitative estimate of drug-likeness (QED) is 0.628. The van der Waals surface area contributed by atoms with Crippen LogP contribution in [-0.4, -0.2) is 21.7 Å². The van der Waals surface area contributed by atoms with Crippen LogP contribution in [0.4, 0.5) is 0 Å². The summed E-state index contributed by atoms with van der Waals surface area (Å²) in [7, 11) is 0. The van der Waals surface area contributed by atoms with E-state index in [9.17, 15) is 9.90 Å². The maximum atomic E-state index is 9.97. The number of aliphatic carboxylic acids is 1. The van der Waals surface area contributed by atoms with Crippen molar-refractivity contribution < 1.29 is 9.90 Å². The van der Waals surface area contributed by atoms with Crippen LogP contribution >= 0.6 is 11.8 Å². The number of H-pyrrole nitrogens is 1. The van der Waals surface area contributed by atoms with Crippen LogP contribution in [0.2, 0.25) is 0 Å². The minimum Gasteiger partial charge on any atom is -0.550 e. The maximum absolute atomic E-state index is 9.97. The Morgan fingerprint density at radius 3 is 3.18 bits per heavy atom. The molecule has 11 heavy (non-hydrogen) atoms. The number of aromatic nitrogens is 2. The molecule has 1 rings (SSSR count). The number of carboxylic acids is 1. The molecule has 0 spiro atoms. The summed E-state index contributed by atoms with van der Waals surface area (Å²) in [5.41, 5.74) is 0. The van der Waals surface area contributed by atoms with Gasteiger partial charge in [0.25, 0.3) is 0 Å². The molecule has 0 amide bonds. The number of hydrogen-bond acceptors (Lipinski definition) is 4. The van der Waals surface area contributed by atoms with Gasteiger partial charge in [-0.1, -0.05) is 11.8 Å². The highest BCUT2D eigenvalue weighted by Crippen LogP contribution is 2.11. The summed E-state index contributed by atoms with van der Waals surface area (Å²) in [4.78, 5) is 16.7. The predicted octanol–water partition coefficient (Wildman–Crippen LogP) is -0.358. The lowest BCUT2D eigenvalue weighted by molar-refractivity contribution is -0.305. The molecule has 1 aromatic rings. The first-order valence-corrected chi connectivity index (χ1v) is 4.09. The molecule has 0 aliphatic heterocycles. The molecule has 1 heterocycles. The molecule has 0 saturated carbocycles. The second-order valence-corrected chi connectivity index (χ2v) is 2.95. The first kappa shape index (κ1) is 8.13. The topological polar surface area (TPSA) is 68.8 Å². The van der Waals surface area contributed by atoms with Crippen molar-refractivity contribution in [1.82, 2.24) is 9.97 Å². The van der Waals surface area contributed by atoms with Crippen molar-refractivity contribution in [2.75, 3.05) is 5.75 Å². The van der Waals surface area contributed by atoms with Gasteiger partial charge >= 0.3 is 0 Å². The molecule has 4 nitrogen and oxygen atoms in total. The third-order valence-electron chi connectivity index (χ3n) is 1.02. The van der Waals surface area contributed by atoms with Gasteiger partial charge in [-0.25, -0.2) is 4.98 Å². The number of carboxylic acid groups (broad SMARTS) is 1. The molecular formula is C6H7N2O2S-. The highest BCUT2D eigenvalue weighted by molar-refractivity contribution is 7.99. The first-order valence-electron chi connectivity index (χ1n) is 3.11. The maximum Gasteiger partial charge on any atom is 0.165 e. The van der Waals surface area contributed by atoms with E-state index in [1.165, 1.54) is 11.8 Å². The fourth-order valence-corrected chi connectivity index (χ4v) is 1.31. The molecule has 1 aromatic heterocycles. The Labute approximate surface area is 68.0 Å². The number of thioether (sulfide) groups is 1. The van der Waals surface area contributed by atoms with Crippen molar-refractivity contribution in [2.24, 2.45) is 0 Å². The van der Waals surface area contributed by atoms with E-state index in [0.29, 0.717) is 5.75 Å². The Morgan fingerprint density at radius 1 is 1.82 bits per heavy atom. The predicted molar refractivity (Wildman–Crippen MR) is 38.9 cm³/mol. The number of carbonyl (C=O) groups excluding carboxylic acids is 1. The lowest BCUT2D eigenvalue weighted by atomic mass is 10.5. The van der Waals surface area contributed by atoms with Gasteiger partial charge in [-0.3, -0.25) is 0 Å². The molecule has 0 radical (unpaired) electrons. The van der Waals surface area contributed by atoms with E-state index in [4.69, 9.17) is 0 Å². The third kappa shape index (κ3) is 3.08.